The molecule has 3 heterocycles. The van der Waals surface area contributed by atoms with Crippen molar-refractivity contribution in [3.8, 4) is 0 Å². The van der Waals surface area contributed by atoms with Gasteiger partial charge in [0.1, 0.15) is 0 Å². The first-order chi connectivity index (χ1) is 8.32. The fourth-order valence-corrected chi connectivity index (χ4v) is 4.98. The summed E-state index contributed by atoms with van der Waals surface area (Å²) < 4.78 is 0. The average molecular weight is 314 g/mol. The summed E-state index contributed by atoms with van der Waals surface area (Å²) in [6.07, 6.45) is 4.94. The molecule has 3 aromatic rings. The Morgan fingerprint density at radius 1 is 0.765 bits per heavy atom. The van der Waals surface area contributed by atoms with E-state index in [4.69, 9.17) is 0 Å². The van der Waals surface area contributed by atoms with E-state index in [2.05, 4.69) is 61.3 Å². The SMILES string of the molecule is [Se]=P(c1cn[nH]n1)(c1cn[nH]n1)c1cn[nH]n1. The number of hydrogen-bond donors (Lipinski definition) is 3. The summed E-state index contributed by atoms with van der Waals surface area (Å²) in [4.78, 5) is 0. The van der Waals surface area contributed by atoms with Gasteiger partial charge >= 0.3 is 102 Å². The van der Waals surface area contributed by atoms with Crippen molar-refractivity contribution in [1.82, 2.24) is 46.2 Å². The van der Waals surface area contributed by atoms with Crippen molar-refractivity contribution in [2.45, 2.75) is 0 Å². The summed E-state index contributed by atoms with van der Waals surface area (Å²) in [5, 5.41) is 31.6. The van der Waals surface area contributed by atoms with E-state index in [0.717, 1.165) is 16.3 Å². The van der Waals surface area contributed by atoms with Crippen molar-refractivity contribution in [2.75, 3.05) is 0 Å². The second-order valence-corrected chi connectivity index (χ2v) is 9.13. The van der Waals surface area contributed by atoms with E-state index < -0.39 is 5.51 Å². The van der Waals surface area contributed by atoms with Crippen LogP contribution in [0.15, 0.2) is 18.6 Å². The molecule has 0 saturated heterocycles. The number of aromatic nitrogens is 9. The van der Waals surface area contributed by atoms with Crippen molar-refractivity contribution in [3.63, 3.8) is 0 Å². The molecule has 17 heavy (non-hydrogen) atoms. The minimum atomic E-state index is -2.12. The first-order valence-electron chi connectivity index (χ1n) is 4.51. The molecule has 0 aliphatic carbocycles. The zero-order valence-corrected chi connectivity index (χ0v) is 10.9. The maximum absolute atomic E-state index is 4.12. The standard InChI is InChI=1S/C6H6N9PSe/c17-16(4-1-7-13-10-4,5-2-8-14-11-5)6-3-9-15-12-6/h1-3H,(H,7,10,13)(H,8,11,14)(H,9,12,15). The van der Waals surface area contributed by atoms with E-state index in [1.54, 1.807) is 18.6 Å². The fourth-order valence-electron chi connectivity index (χ4n) is 1.39. The number of aromatic amines is 3. The zero-order chi connectivity index (χ0) is 11.7. The normalized spacial score (nSPS) is 11.8. The van der Waals surface area contributed by atoms with Crippen LogP contribution in [-0.2, 0) is 0 Å². The molecule has 3 aromatic heterocycles. The monoisotopic (exact) mass is 315 g/mol. The van der Waals surface area contributed by atoms with Crippen LogP contribution in [0.25, 0.3) is 0 Å². The van der Waals surface area contributed by atoms with Crippen LogP contribution in [-0.4, -0.2) is 61.3 Å². The van der Waals surface area contributed by atoms with E-state index in [0.29, 0.717) is 0 Å². The Morgan fingerprint density at radius 2 is 1.12 bits per heavy atom. The van der Waals surface area contributed by atoms with Gasteiger partial charge in [0.2, 0.25) is 0 Å². The molecule has 0 aliphatic heterocycles. The van der Waals surface area contributed by atoms with Crippen molar-refractivity contribution in [3.05, 3.63) is 18.6 Å². The Bertz CT molecular complexity index is 536. The van der Waals surface area contributed by atoms with E-state index >= 15 is 0 Å². The molecule has 0 aromatic carbocycles. The van der Waals surface area contributed by atoms with Crippen LogP contribution in [0.1, 0.15) is 0 Å². The van der Waals surface area contributed by atoms with Gasteiger partial charge in [0, 0.05) is 0 Å². The van der Waals surface area contributed by atoms with Gasteiger partial charge in [-0.15, -0.1) is 0 Å². The van der Waals surface area contributed by atoms with Crippen LogP contribution in [0.2, 0.25) is 0 Å². The van der Waals surface area contributed by atoms with Crippen LogP contribution in [0.4, 0.5) is 0 Å². The molecule has 0 atom stereocenters. The first kappa shape index (κ1) is 10.5. The molecular formula is C6H6N9PSe. The molecular weight excluding hydrogens is 308 g/mol. The number of nitrogens with zero attached hydrogens (tertiary/aromatic N) is 6. The number of hydrogen-bond acceptors (Lipinski definition) is 6. The molecule has 0 unspecified atom stereocenters. The van der Waals surface area contributed by atoms with E-state index in [1.165, 1.54) is 0 Å². The van der Waals surface area contributed by atoms with Crippen LogP contribution in [0.3, 0.4) is 0 Å². The second-order valence-electron chi connectivity index (χ2n) is 3.09. The average Bonchev–Trinajstić information content (AvgIpc) is 3.10. The summed E-state index contributed by atoms with van der Waals surface area (Å²) in [6, 6.07) is 0. The Hall–Kier alpha value is -1.63. The molecule has 86 valence electrons. The third kappa shape index (κ3) is 1.57. The molecule has 0 amide bonds. The summed E-state index contributed by atoms with van der Waals surface area (Å²) >= 11 is 3.14. The van der Waals surface area contributed by atoms with Crippen LogP contribution in [0.5, 0.6) is 0 Å². The fraction of sp³-hybridized carbons (Fsp3) is 0. The van der Waals surface area contributed by atoms with Crippen LogP contribution >= 0.6 is 5.51 Å². The Morgan fingerprint density at radius 3 is 1.35 bits per heavy atom. The van der Waals surface area contributed by atoms with Crippen molar-refractivity contribution in [1.29, 1.82) is 0 Å². The Labute approximate surface area is 102 Å². The number of nitrogens with one attached hydrogen (secondary N) is 3. The predicted octanol–water partition coefficient (Wildman–Crippen LogP) is -2.58. The third-order valence-electron chi connectivity index (χ3n) is 2.17. The van der Waals surface area contributed by atoms with Gasteiger partial charge in [-0.3, -0.25) is 0 Å². The predicted molar refractivity (Wildman–Crippen MR) is 60.7 cm³/mol. The Kier molecular flexibility index (Phi) is 2.47. The van der Waals surface area contributed by atoms with Crippen molar-refractivity contribution >= 4 is 36.9 Å². The van der Waals surface area contributed by atoms with E-state index in [-0.39, 0.29) is 0 Å². The molecule has 11 heteroatoms. The van der Waals surface area contributed by atoms with Gasteiger partial charge < -0.3 is 0 Å². The van der Waals surface area contributed by atoms with Crippen LogP contribution in [0, 0.1) is 0 Å². The van der Waals surface area contributed by atoms with E-state index in [9.17, 15) is 0 Å². The Balaban J connectivity index is 2.26. The zero-order valence-electron chi connectivity index (χ0n) is 8.27. The number of H-pyrrole nitrogens is 3. The summed E-state index contributed by atoms with van der Waals surface area (Å²) in [5.74, 6) is 0. The van der Waals surface area contributed by atoms with Gasteiger partial charge in [-0.1, -0.05) is 0 Å². The quantitative estimate of drug-likeness (QED) is 0.360. The van der Waals surface area contributed by atoms with Gasteiger partial charge in [0.25, 0.3) is 0 Å². The maximum atomic E-state index is 4.12. The molecule has 0 aliphatic rings. The van der Waals surface area contributed by atoms with E-state index in [1.807, 2.05) is 0 Å². The summed E-state index contributed by atoms with van der Waals surface area (Å²) in [5.41, 5.74) is 0.128. The minimum absolute atomic E-state index is 0.750. The van der Waals surface area contributed by atoms with Crippen molar-refractivity contribution in [2.24, 2.45) is 0 Å². The molecule has 9 nitrogen and oxygen atoms in total. The first-order valence-corrected chi connectivity index (χ1v) is 8.51. The van der Waals surface area contributed by atoms with Crippen LogP contribution < -0.4 is 16.3 Å². The van der Waals surface area contributed by atoms with Gasteiger partial charge in [-0.25, -0.2) is 0 Å². The topological polar surface area (TPSA) is 125 Å². The summed E-state index contributed by atoms with van der Waals surface area (Å²) in [7, 11) is 0. The molecule has 0 fully saturated rings. The molecule has 3 rings (SSSR count). The number of rotatable bonds is 3. The molecule has 0 radical (unpaired) electrons. The molecule has 0 saturated carbocycles. The van der Waals surface area contributed by atoms with Gasteiger partial charge in [0.15, 0.2) is 0 Å². The molecule has 0 spiro atoms. The molecule has 3 N–H and O–H groups in total. The third-order valence-corrected chi connectivity index (χ3v) is 8.29. The summed E-state index contributed by atoms with van der Waals surface area (Å²) in [6.45, 7) is 0. The van der Waals surface area contributed by atoms with Crippen molar-refractivity contribution < 1.29 is 0 Å². The van der Waals surface area contributed by atoms with Gasteiger partial charge in [-0.2, -0.15) is 0 Å². The van der Waals surface area contributed by atoms with Gasteiger partial charge in [0.05, 0.1) is 0 Å². The second kappa shape index (κ2) is 3.99. The molecule has 0 bridgehead atoms. The van der Waals surface area contributed by atoms with Gasteiger partial charge in [-0.05, 0) is 0 Å².